The topological polar surface area (TPSA) is 55.3 Å². The Morgan fingerprint density at radius 3 is 2.90 bits per heavy atom. The van der Waals surface area contributed by atoms with Crippen molar-refractivity contribution in [1.29, 1.82) is 0 Å². The third-order valence-electron chi connectivity index (χ3n) is 3.16. The second-order valence-electron chi connectivity index (χ2n) is 4.61. The van der Waals surface area contributed by atoms with E-state index < -0.39 is 0 Å². The molecular formula is C15H14N4S. The van der Waals surface area contributed by atoms with E-state index in [-0.39, 0.29) is 5.11 Å². The second-order valence-corrected chi connectivity index (χ2v) is 5.05. The van der Waals surface area contributed by atoms with Crippen molar-refractivity contribution in [3.8, 4) is 11.3 Å². The number of thiocarbonyl (C=S) groups is 1. The van der Waals surface area contributed by atoms with Crippen LogP contribution in [-0.4, -0.2) is 14.5 Å². The molecule has 0 saturated heterocycles. The first-order chi connectivity index (χ1) is 9.63. The number of nitrogens with zero attached hydrogens (tertiary/aromatic N) is 2. The van der Waals surface area contributed by atoms with Crippen molar-refractivity contribution >= 4 is 28.7 Å². The molecule has 100 valence electrons. The van der Waals surface area contributed by atoms with E-state index in [4.69, 9.17) is 18.0 Å². The van der Waals surface area contributed by atoms with E-state index in [0.29, 0.717) is 0 Å². The predicted octanol–water partition coefficient (Wildman–Crippen LogP) is 2.97. The average molecular weight is 282 g/mol. The molecule has 3 aromatic rings. The van der Waals surface area contributed by atoms with Gasteiger partial charge >= 0.3 is 0 Å². The molecule has 0 bridgehead atoms. The Balaban J connectivity index is 2.07. The Bertz CT molecular complexity index is 758. The van der Waals surface area contributed by atoms with Crippen LogP contribution in [0.15, 0.2) is 48.8 Å². The van der Waals surface area contributed by atoms with Crippen LogP contribution in [0.2, 0.25) is 0 Å². The molecule has 0 fully saturated rings. The number of nitrogens with one attached hydrogen (secondary N) is 1. The maximum Gasteiger partial charge on any atom is 0.168 e. The van der Waals surface area contributed by atoms with Gasteiger partial charge in [-0.3, -0.25) is 0 Å². The Morgan fingerprint density at radius 1 is 1.30 bits per heavy atom. The number of pyridine rings is 1. The number of nitrogens with two attached hydrogens (primary N) is 1. The molecule has 0 aliphatic rings. The number of hydrogen-bond acceptors (Lipinski definition) is 2. The van der Waals surface area contributed by atoms with Crippen LogP contribution in [0.25, 0.3) is 16.9 Å². The van der Waals surface area contributed by atoms with E-state index in [2.05, 4.69) is 10.3 Å². The number of imidazole rings is 1. The standard InChI is InChI=1S/C15H14N4S/c1-10-5-6-11(8-12(10)18-15(16)20)13-9-19-7-3-2-4-14(19)17-13/h2-9H,1H3,(H3,16,18,20). The SMILES string of the molecule is Cc1ccc(-c2cn3ccccc3n2)cc1NC(N)=S. The average Bonchev–Trinajstić information content (AvgIpc) is 2.84. The quantitative estimate of drug-likeness (QED) is 0.710. The van der Waals surface area contributed by atoms with Gasteiger partial charge in [0.2, 0.25) is 0 Å². The van der Waals surface area contributed by atoms with Crippen LogP contribution >= 0.6 is 12.2 Å². The molecule has 4 nitrogen and oxygen atoms in total. The molecule has 3 rings (SSSR count). The molecule has 0 aliphatic carbocycles. The lowest BCUT2D eigenvalue weighted by molar-refractivity contribution is 1.19. The van der Waals surface area contributed by atoms with Gasteiger partial charge in [-0.15, -0.1) is 0 Å². The summed E-state index contributed by atoms with van der Waals surface area (Å²) in [7, 11) is 0. The van der Waals surface area contributed by atoms with E-state index >= 15 is 0 Å². The summed E-state index contributed by atoms with van der Waals surface area (Å²) >= 11 is 4.90. The van der Waals surface area contributed by atoms with Gasteiger partial charge in [-0.25, -0.2) is 4.98 Å². The van der Waals surface area contributed by atoms with E-state index in [0.717, 1.165) is 28.2 Å². The number of anilines is 1. The van der Waals surface area contributed by atoms with Crippen LogP contribution in [0.1, 0.15) is 5.56 Å². The first-order valence-corrected chi connectivity index (χ1v) is 6.65. The molecular weight excluding hydrogens is 268 g/mol. The zero-order chi connectivity index (χ0) is 14.1. The first kappa shape index (κ1) is 12.6. The summed E-state index contributed by atoms with van der Waals surface area (Å²) in [5, 5.41) is 3.26. The Hall–Kier alpha value is -2.40. The van der Waals surface area contributed by atoms with Crippen LogP contribution in [0, 0.1) is 6.92 Å². The smallest absolute Gasteiger partial charge is 0.168 e. The van der Waals surface area contributed by atoms with Crippen LogP contribution in [0.5, 0.6) is 0 Å². The van der Waals surface area contributed by atoms with Gasteiger partial charge in [0, 0.05) is 23.6 Å². The lowest BCUT2D eigenvalue weighted by atomic mass is 10.1. The Labute approximate surface area is 122 Å². The highest BCUT2D eigenvalue weighted by atomic mass is 32.1. The molecule has 0 saturated carbocycles. The lowest BCUT2D eigenvalue weighted by Crippen LogP contribution is -2.19. The monoisotopic (exact) mass is 282 g/mol. The molecule has 1 aromatic carbocycles. The fourth-order valence-electron chi connectivity index (χ4n) is 2.12. The maximum atomic E-state index is 5.54. The summed E-state index contributed by atoms with van der Waals surface area (Å²) in [6, 6.07) is 12.0. The highest BCUT2D eigenvalue weighted by molar-refractivity contribution is 7.80. The lowest BCUT2D eigenvalue weighted by Gasteiger charge is -2.09. The maximum absolute atomic E-state index is 5.54. The molecule has 20 heavy (non-hydrogen) atoms. The van der Waals surface area contributed by atoms with E-state index in [9.17, 15) is 0 Å². The van der Waals surface area contributed by atoms with Crippen molar-refractivity contribution in [3.05, 3.63) is 54.4 Å². The van der Waals surface area contributed by atoms with Crippen LogP contribution in [0.4, 0.5) is 5.69 Å². The van der Waals surface area contributed by atoms with Gasteiger partial charge in [-0.1, -0.05) is 18.2 Å². The molecule has 0 atom stereocenters. The third kappa shape index (κ3) is 2.35. The summed E-state index contributed by atoms with van der Waals surface area (Å²) < 4.78 is 2.00. The van der Waals surface area contributed by atoms with E-state index in [1.807, 2.05) is 60.1 Å². The normalized spacial score (nSPS) is 10.7. The van der Waals surface area contributed by atoms with Crippen molar-refractivity contribution < 1.29 is 0 Å². The number of hydrogen-bond donors (Lipinski definition) is 2. The summed E-state index contributed by atoms with van der Waals surface area (Å²) in [6.45, 7) is 2.01. The minimum absolute atomic E-state index is 0.264. The fourth-order valence-corrected chi connectivity index (χ4v) is 2.23. The van der Waals surface area contributed by atoms with Gasteiger partial charge < -0.3 is 15.5 Å². The van der Waals surface area contributed by atoms with E-state index in [1.165, 1.54) is 0 Å². The summed E-state index contributed by atoms with van der Waals surface area (Å²) in [6.07, 6.45) is 3.98. The summed E-state index contributed by atoms with van der Waals surface area (Å²) in [4.78, 5) is 4.60. The minimum Gasteiger partial charge on any atom is -0.376 e. The number of fused-ring (bicyclic) bond motifs is 1. The van der Waals surface area contributed by atoms with E-state index in [1.54, 1.807) is 0 Å². The van der Waals surface area contributed by atoms with Gasteiger partial charge in [0.1, 0.15) is 5.65 Å². The molecule has 0 aliphatic heterocycles. The number of aromatic nitrogens is 2. The predicted molar refractivity (Wildman–Crippen MR) is 85.8 cm³/mol. The van der Waals surface area contributed by atoms with Crippen LogP contribution in [0.3, 0.4) is 0 Å². The highest BCUT2D eigenvalue weighted by Crippen LogP contribution is 2.25. The summed E-state index contributed by atoms with van der Waals surface area (Å²) in [5.74, 6) is 0. The van der Waals surface area contributed by atoms with Gasteiger partial charge in [0.15, 0.2) is 5.11 Å². The third-order valence-corrected chi connectivity index (χ3v) is 3.26. The molecule has 0 radical (unpaired) electrons. The zero-order valence-corrected chi connectivity index (χ0v) is 11.8. The molecule has 3 N–H and O–H groups in total. The highest BCUT2D eigenvalue weighted by Gasteiger charge is 2.07. The van der Waals surface area contributed by atoms with Gasteiger partial charge in [-0.2, -0.15) is 0 Å². The van der Waals surface area contributed by atoms with Crippen LogP contribution < -0.4 is 11.1 Å². The van der Waals surface area contributed by atoms with Crippen LogP contribution in [-0.2, 0) is 0 Å². The minimum atomic E-state index is 0.264. The van der Waals surface area contributed by atoms with Crippen molar-refractivity contribution in [2.75, 3.05) is 5.32 Å². The molecule has 0 amide bonds. The summed E-state index contributed by atoms with van der Waals surface area (Å²) in [5.41, 5.74) is 10.4. The Kier molecular flexibility index (Phi) is 3.12. The molecule has 0 unspecified atom stereocenters. The largest absolute Gasteiger partial charge is 0.376 e. The zero-order valence-electron chi connectivity index (χ0n) is 11.0. The molecule has 5 heteroatoms. The van der Waals surface area contributed by atoms with Crippen molar-refractivity contribution in [2.24, 2.45) is 5.73 Å². The van der Waals surface area contributed by atoms with Gasteiger partial charge in [-0.05, 0) is 42.9 Å². The first-order valence-electron chi connectivity index (χ1n) is 6.25. The van der Waals surface area contributed by atoms with Crippen molar-refractivity contribution in [1.82, 2.24) is 9.38 Å². The van der Waals surface area contributed by atoms with Crippen molar-refractivity contribution in [2.45, 2.75) is 6.92 Å². The number of aryl methyl sites for hydroxylation is 1. The van der Waals surface area contributed by atoms with Crippen molar-refractivity contribution in [3.63, 3.8) is 0 Å². The molecule has 2 aromatic heterocycles. The number of rotatable bonds is 2. The molecule has 2 heterocycles. The Morgan fingerprint density at radius 2 is 2.15 bits per heavy atom. The molecule has 0 spiro atoms. The second kappa shape index (κ2) is 4.94. The number of benzene rings is 1. The van der Waals surface area contributed by atoms with Gasteiger partial charge in [0.25, 0.3) is 0 Å². The fraction of sp³-hybridized carbons (Fsp3) is 0.0667. The van der Waals surface area contributed by atoms with Gasteiger partial charge in [0.05, 0.1) is 5.69 Å².